The summed E-state index contributed by atoms with van der Waals surface area (Å²) in [5, 5.41) is 87.7. The van der Waals surface area contributed by atoms with Crippen molar-refractivity contribution in [3.8, 4) is 0 Å². The smallest absolute Gasteiger partial charge is 0.397 e. The third kappa shape index (κ3) is 12.5. The zero-order valence-electron chi connectivity index (χ0n) is 25.3. The largest absolute Gasteiger partial charge is 0.479 e. The van der Waals surface area contributed by atoms with Gasteiger partial charge in [-0.05, 0) is 0 Å². The van der Waals surface area contributed by atoms with Gasteiger partial charge in [-0.15, -0.1) is 0 Å². The first-order valence-electron chi connectivity index (χ1n) is 13.8. The number of carbonyl (C=O) groups excluding carboxylic acids is 2. The Kier molecular flexibility index (Phi) is 15.5. The Morgan fingerprint density at radius 1 is 0.837 bits per heavy atom. The molecule has 0 unspecified atom stereocenters. The van der Waals surface area contributed by atoms with Crippen molar-refractivity contribution in [3.63, 3.8) is 0 Å². The molecule has 25 nitrogen and oxygen atoms in total. The molecule has 2 aliphatic heterocycles. The summed E-state index contributed by atoms with van der Waals surface area (Å²) in [6.45, 7) is -1.66. The van der Waals surface area contributed by atoms with Gasteiger partial charge in [-0.25, -0.2) is 13.2 Å². The van der Waals surface area contributed by atoms with Crippen LogP contribution in [0, 0.1) is 0 Å². The standard InChI is InChI=1S/C22H38N2O23S2/c1-6(26)23-8(3-25)17(12(29)9(28)4-42-48(36,37)38)45-22-16(33)15(32)18(19(47-22)20(34)35)46-21-11(24-7(2)27)14(31)13(30)10(44-21)5-43-49(39,40)41/h8-19,21-22,25,28-33H,3-5H2,1-2H3,(H,23,26)(H,24,27)(H,34,35)(H,36,37,38)(H,39,40,41)/t8-,9+,10+,11+,12-,13-,14+,15+,16+,17+,18-,19-,21-,22+/m0/s1. The van der Waals surface area contributed by atoms with Crippen LogP contribution in [-0.4, -0.2) is 190 Å². The number of aliphatic carboxylic acids is 1. The summed E-state index contributed by atoms with van der Waals surface area (Å²) in [6.07, 6.45) is -26.4. The fraction of sp³-hybridized carbons (Fsp3) is 0.864. The van der Waals surface area contributed by atoms with E-state index >= 15 is 0 Å². The number of carboxylic acid groups (broad SMARTS) is 1. The summed E-state index contributed by atoms with van der Waals surface area (Å²) in [5.74, 6) is -3.67. The molecule has 2 heterocycles. The molecule has 2 amide bonds. The van der Waals surface area contributed by atoms with Crippen LogP contribution in [0.2, 0.25) is 0 Å². The van der Waals surface area contributed by atoms with Crippen LogP contribution in [-0.2, 0) is 62.5 Å². The topological polar surface area (TPSA) is 401 Å². The molecule has 0 aliphatic carbocycles. The summed E-state index contributed by atoms with van der Waals surface area (Å²) in [6, 6.07) is -3.47. The lowest BCUT2D eigenvalue weighted by Gasteiger charge is -2.47. The van der Waals surface area contributed by atoms with E-state index in [1.807, 2.05) is 0 Å². The minimum Gasteiger partial charge on any atom is -0.479 e. The molecular formula is C22H38N2O23S2. The minimum atomic E-state index is -5.15. The molecule has 12 N–H and O–H groups in total. The number of nitrogens with one attached hydrogen (secondary N) is 2. The minimum absolute atomic E-state index is 0.862. The van der Waals surface area contributed by atoms with Crippen LogP contribution in [0.1, 0.15) is 13.8 Å². The van der Waals surface area contributed by atoms with E-state index < -0.39 is 144 Å². The number of hydrogen-bond acceptors (Lipinski definition) is 20. The average molecular weight is 763 g/mol. The van der Waals surface area contributed by atoms with Gasteiger partial charge >= 0.3 is 26.8 Å². The van der Waals surface area contributed by atoms with E-state index in [1.165, 1.54) is 0 Å². The lowest BCUT2D eigenvalue weighted by Crippen LogP contribution is -2.68. The summed E-state index contributed by atoms with van der Waals surface area (Å²) in [4.78, 5) is 35.8. The maximum absolute atomic E-state index is 12.2. The van der Waals surface area contributed by atoms with Gasteiger partial charge in [-0.2, -0.15) is 16.8 Å². The second kappa shape index (κ2) is 17.8. The van der Waals surface area contributed by atoms with E-state index in [0.717, 1.165) is 13.8 Å². The summed E-state index contributed by atoms with van der Waals surface area (Å²) in [5.41, 5.74) is 0. The number of ether oxygens (including phenoxy) is 4. The fourth-order valence-corrected chi connectivity index (χ4v) is 5.33. The summed E-state index contributed by atoms with van der Waals surface area (Å²) >= 11 is 0. The Balaban J connectivity index is 2.41. The molecule has 14 atom stereocenters. The number of rotatable bonds is 17. The molecule has 27 heteroatoms. The summed E-state index contributed by atoms with van der Waals surface area (Å²) < 4.78 is 91.0. The Hall–Kier alpha value is -2.29. The molecule has 0 saturated carbocycles. The first kappa shape index (κ1) is 42.9. The van der Waals surface area contributed by atoms with Crippen molar-refractivity contribution in [2.75, 3.05) is 19.8 Å². The number of aliphatic hydroxyl groups is 7. The van der Waals surface area contributed by atoms with Gasteiger partial charge in [0.1, 0.15) is 61.0 Å². The van der Waals surface area contributed by atoms with E-state index in [9.17, 15) is 72.1 Å². The van der Waals surface area contributed by atoms with Crippen LogP contribution in [0.5, 0.6) is 0 Å². The zero-order valence-corrected chi connectivity index (χ0v) is 26.9. The predicted molar refractivity (Wildman–Crippen MR) is 148 cm³/mol. The number of hydrogen-bond donors (Lipinski definition) is 12. The maximum Gasteiger partial charge on any atom is 0.397 e. The molecule has 0 radical (unpaired) electrons. The van der Waals surface area contributed by atoms with Crippen molar-refractivity contribution in [1.29, 1.82) is 0 Å². The zero-order chi connectivity index (χ0) is 37.6. The van der Waals surface area contributed by atoms with Gasteiger partial charge in [-0.3, -0.25) is 18.7 Å². The number of carbonyl (C=O) groups is 3. The van der Waals surface area contributed by atoms with Gasteiger partial charge in [0, 0.05) is 13.8 Å². The molecule has 2 aliphatic rings. The Labute approximate surface area is 277 Å². The average Bonchev–Trinajstić information content (AvgIpc) is 2.98. The van der Waals surface area contributed by atoms with Crippen molar-refractivity contribution < 1.29 is 108 Å². The van der Waals surface area contributed by atoms with Crippen LogP contribution in [0.3, 0.4) is 0 Å². The second-order valence-corrected chi connectivity index (χ2v) is 12.9. The Morgan fingerprint density at radius 3 is 1.92 bits per heavy atom. The molecule has 0 aromatic carbocycles. The molecule has 2 rings (SSSR count). The Bertz CT molecular complexity index is 1350. The van der Waals surface area contributed by atoms with Crippen molar-refractivity contribution in [2.45, 2.75) is 99.6 Å². The van der Waals surface area contributed by atoms with Crippen molar-refractivity contribution >= 4 is 38.6 Å². The fourth-order valence-electron chi connectivity index (χ4n) is 4.72. The molecule has 0 aromatic heterocycles. The van der Waals surface area contributed by atoms with Gasteiger partial charge in [-0.1, -0.05) is 0 Å². The quantitative estimate of drug-likeness (QED) is 0.0612. The maximum atomic E-state index is 12.2. The van der Waals surface area contributed by atoms with Crippen LogP contribution >= 0.6 is 0 Å². The van der Waals surface area contributed by atoms with Gasteiger partial charge in [0.15, 0.2) is 18.7 Å². The van der Waals surface area contributed by atoms with Crippen LogP contribution in [0.4, 0.5) is 0 Å². The molecular weight excluding hydrogens is 724 g/mol. The van der Waals surface area contributed by atoms with E-state index in [4.69, 9.17) is 28.1 Å². The molecule has 49 heavy (non-hydrogen) atoms. The van der Waals surface area contributed by atoms with Gasteiger partial charge < -0.3 is 70.4 Å². The van der Waals surface area contributed by atoms with Crippen molar-refractivity contribution in [2.24, 2.45) is 0 Å². The van der Waals surface area contributed by atoms with E-state index in [0.29, 0.717) is 0 Å². The van der Waals surface area contributed by atoms with Crippen LogP contribution in [0.25, 0.3) is 0 Å². The highest BCUT2D eigenvalue weighted by atomic mass is 32.3. The highest BCUT2D eigenvalue weighted by molar-refractivity contribution is 7.81. The summed E-state index contributed by atoms with van der Waals surface area (Å²) in [7, 11) is -10.3. The highest BCUT2D eigenvalue weighted by Gasteiger charge is 2.54. The second-order valence-electron chi connectivity index (χ2n) is 10.7. The molecule has 286 valence electrons. The van der Waals surface area contributed by atoms with Gasteiger partial charge in [0.25, 0.3) is 0 Å². The molecule has 0 spiro atoms. The molecule has 2 fully saturated rings. The third-order valence-corrected chi connectivity index (χ3v) is 7.79. The molecule has 0 bridgehead atoms. The molecule has 2 saturated heterocycles. The van der Waals surface area contributed by atoms with Crippen molar-refractivity contribution in [3.05, 3.63) is 0 Å². The lowest BCUT2D eigenvalue weighted by atomic mass is 9.95. The Morgan fingerprint density at radius 2 is 1.43 bits per heavy atom. The molecule has 0 aromatic rings. The van der Waals surface area contributed by atoms with Crippen LogP contribution < -0.4 is 10.6 Å². The van der Waals surface area contributed by atoms with Gasteiger partial charge in [0.05, 0.1) is 25.9 Å². The third-order valence-electron chi connectivity index (χ3n) is 6.92. The van der Waals surface area contributed by atoms with Crippen LogP contribution in [0.15, 0.2) is 0 Å². The monoisotopic (exact) mass is 762 g/mol. The SMILES string of the molecule is CC(=O)N[C@H]1[C@H](O[C@H]2[C@H](O)[C@@H](O)[C@H](O[C@@H]([C@@H](O)[C@H](O)COS(=O)(=O)O)[C@H](CO)NC(C)=O)O[C@@H]2C(=O)O)O[C@H](COS(=O)(=O)O)[C@H](O)[C@@H]1O. The highest BCUT2D eigenvalue weighted by Crippen LogP contribution is 2.31. The number of amides is 2. The normalized spacial score (nSPS) is 33.5. The van der Waals surface area contributed by atoms with Gasteiger partial charge in [0.2, 0.25) is 11.8 Å². The van der Waals surface area contributed by atoms with E-state index in [-0.39, 0.29) is 0 Å². The first-order chi connectivity index (χ1) is 22.5. The number of aliphatic hydroxyl groups excluding tert-OH is 7. The predicted octanol–water partition coefficient (Wildman–Crippen LogP) is -7.90. The van der Waals surface area contributed by atoms with Crippen molar-refractivity contribution in [1.82, 2.24) is 10.6 Å². The first-order valence-corrected chi connectivity index (χ1v) is 16.5. The van der Waals surface area contributed by atoms with E-state index in [1.54, 1.807) is 0 Å². The van der Waals surface area contributed by atoms with E-state index in [2.05, 4.69) is 19.0 Å². The lowest BCUT2D eigenvalue weighted by molar-refractivity contribution is -0.349. The number of carboxylic acids is 1.